The van der Waals surface area contributed by atoms with Crippen LogP contribution >= 0.6 is 0 Å². The van der Waals surface area contributed by atoms with E-state index in [2.05, 4.69) is 4.90 Å². The second kappa shape index (κ2) is 7.90. The van der Waals surface area contributed by atoms with E-state index in [4.69, 9.17) is 5.11 Å². The zero-order valence-corrected chi connectivity index (χ0v) is 14.9. The van der Waals surface area contributed by atoms with Crippen LogP contribution in [0.4, 0.5) is 9.18 Å². The fraction of sp³-hybridized carbons (Fsp3) is 0.632. The lowest BCUT2D eigenvalue weighted by Crippen LogP contribution is -2.56. The summed E-state index contributed by atoms with van der Waals surface area (Å²) in [5, 5.41) is 30.2. The molecule has 0 aliphatic carbocycles. The minimum atomic E-state index is -1.22. The summed E-state index contributed by atoms with van der Waals surface area (Å²) in [4.78, 5) is 14.4. The van der Waals surface area contributed by atoms with Crippen molar-refractivity contribution in [2.24, 2.45) is 0 Å². The fourth-order valence-corrected chi connectivity index (χ4v) is 4.02. The van der Waals surface area contributed by atoms with Gasteiger partial charge < -0.3 is 25.1 Å². The van der Waals surface area contributed by atoms with Gasteiger partial charge in [0.15, 0.2) is 0 Å². The Bertz CT molecular complexity index is 608. The Kier molecular flexibility index (Phi) is 5.79. The number of aliphatic hydroxyl groups excluding tert-OH is 1. The maximum atomic E-state index is 13.0. The largest absolute Gasteiger partial charge is 0.465 e. The third kappa shape index (κ3) is 4.34. The highest BCUT2D eigenvalue weighted by Crippen LogP contribution is 2.30. The average Bonchev–Trinajstić information content (AvgIpc) is 2.63. The minimum absolute atomic E-state index is 0.225. The van der Waals surface area contributed by atoms with Gasteiger partial charge in [-0.3, -0.25) is 0 Å². The highest BCUT2D eigenvalue weighted by molar-refractivity contribution is 5.65. The second-order valence-corrected chi connectivity index (χ2v) is 7.52. The molecule has 0 spiro atoms. The fourth-order valence-electron chi connectivity index (χ4n) is 4.02. The molecule has 2 aliphatic heterocycles. The van der Waals surface area contributed by atoms with Gasteiger partial charge in [-0.15, -0.1) is 0 Å². The predicted octanol–water partition coefficient (Wildman–Crippen LogP) is 1.87. The molecule has 0 radical (unpaired) electrons. The van der Waals surface area contributed by atoms with Crippen molar-refractivity contribution in [3.05, 3.63) is 35.6 Å². The Hall–Kier alpha value is -1.70. The summed E-state index contributed by atoms with van der Waals surface area (Å²) in [5.74, 6) is 0.169. The lowest BCUT2D eigenvalue weighted by atomic mass is 9.84. The molecule has 1 aromatic carbocycles. The first kappa shape index (κ1) is 19.1. The van der Waals surface area contributed by atoms with Gasteiger partial charge in [0, 0.05) is 19.6 Å². The first-order valence-corrected chi connectivity index (χ1v) is 9.23. The molecule has 2 saturated heterocycles. The van der Waals surface area contributed by atoms with Crippen LogP contribution in [0.2, 0.25) is 0 Å². The molecule has 26 heavy (non-hydrogen) atoms. The maximum absolute atomic E-state index is 13.0. The van der Waals surface area contributed by atoms with Gasteiger partial charge in [-0.25, -0.2) is 9.18 Å². The highest BCUT2D eigenvalue weighted by atomic mass is 19.1. The molecular weight excluding hydrogens is 339 g/mol. The first-order chi connectivity index (χ1) is 12.4. The van der Waals surface area contributed by atoms with Crippen LogP contribution in [-0.2, 0) is 0 Å². The van der Waals surface area contributed by atoms with E-state index in [0.717, 1.165) is 31.5 Å². The van der Waals surface area contributed by atoms with E-state index in [1.54, 1.807) is 0 Å². The zero-order chi connectivity index (χ0) is 18.7. The molecule has 1 atom stereocenters. The molecule has 144 valence electrons. The lowest BCUT2D eigenvalue weighted by molar-refractivity contribution is -0.115. The number of hydrogen-bond donors (Lipinski definition) is 3. The molecular formula is C19H27FN2O4. The van der Waals surface area contributed by atoms with Gasteiger partial charge in [-0.2, -0.15) is 0 Å². The summed E-state index contributed by atoms with van der Waals surface area (Å²) in [6, 6.07) is 6.65. The summed E-state index contributed by atoms with van der Waals surface area (Å²) in [7, 11) is 0. The smallest absolute Gasteiger partial charge is 0.407 e. The standard InChI is InChI=1S/C19H27FN2O4/c20-16-3-1-14(2-4-16)15-5-9-21(10-6-15)13-17(23)19(26)7-11-22(12-8-19)18(24)25/h1-4,15,17,23,26H,5-13H2,(H,24,25). The SMILES string of the molecule is O=C(O)N1CCC(O)(C(O)CN2CCC(c3ccc(F)cc3)CC2)CC1. The van der Waals surface area contributed by atoms with Crippen LogP contribution in [-0.4, -0.2) is 75.6 Å². The van der Waals surface area contributed by atoms with Crippen LogP contribution in [0.25, 0.3) is 0 Å². The number of piperidine rings is 2. The molecule has 6 nitrogen and oxygen atoms in total. The Labute approximate surface area is 152 Å². The molecule has 3 N–H and O–H groups in total. The molecule has 0 bridgehead atoms. The summed E-state index contributed by atoms with van der Waals surface area (Å²) < 4.78 is 13.0. The van der Waals surface area contributed by atoms with Crippen LogP contribution in [0, 0.1) is 5.82 Å². The van der Waals surface area contributed by atoms with Gasteiger partial charge in [0.1, 0.15) is 5.82 Å². The molecule has 7 heteroatoms. The molecule has 2 fully saturated rings. The van der Waals surface area contributed by atoms with Crippen molar-refractivity contribution in [3.63, 3.8) is 0 Å². The van der Waals surface area contributed by atoms with Crippen molar-refractivity contribution >= 4 is 6.09 Å². The third-order valence-corrected chi connectivity index (χ3v) is 5.88. The number of nitrogens with zero attached hydrogens (tertiary/aromatic N) is 2. The van der Waals surface area contributed by atoms with Gasteiger partial charge in [-0.1, -0.05) is 12.1 Å². The number of β-amino-alcohol motifs (C(OH)–C–C–N with tert-alkyl or cyclic N) is 1. The zero-order valence-electron chi connectivity index (χ0n) is 14.9. The van der Waals surface area contributed by atoms with Gasteiger partial charge in [0.2, 0.25) is 0 Å². The van der Waals surface area contributed by atoms with E-state index in [9.17, 15) is 19.4 Å². The number of halogens is 1. The van der Waals surface area contributed by atoms with E-state index in [1.165, 1.54) is 17.0 Å². The van der Waals surface area contributed by atoms with Gasteiger partial charge in [0.05, 0.1) is 11.7 Å². The number of rotatable bonds is 4. The molecule has 0 saturated carbocycles. The maximum Gasteiger partial charge on any atom is 0.407 e. The van der Waals surface area contributed by atoms with Crippen molar-refractivity contribution in [1.29, 1.82) is 0 Å². The predicted molar refractivity (Wildman–Crippen MR) is 94.6 cm³/mol. The highest BCUT2D eigenvalue weighted by Gasteiger charge is 2.41. The van der Waals surface area contributed by atoms with Crippen molar-refractivity contribution < 1.29 is 24.5 Å². The summed E-state index contributed by atoms with van der Waals surface area (Å²) in [6.45, 7) is 2.51. The van der Waals surface area contributed by atoms with E-state index in [0.29, 0.717) is 12.5 Å². The summed E-state index contributed by atoms with van der Waals surface area (Å²) >= 11 is 0. The number of hydrogen-bond acceptors (Lipinski definition) is 4. The van der Waals surface area contributed by atoms with Crippen LogP contribution < -0.4 is 0 Å². The van der Waals surface area contributed by atoms with Crippen molar-refractivity contribution in [2.45, 2.75) is 43.3 Å². The number of carboxylic acid groups (broad SMARTS) is 1. The number of aliphatic hydroxyl groups is 2. The molecule has 2 aliphatic rings. The quantitative estimate of drug-likeness (QED) is 0.758. The summed E-state index contributed by atoms with van der Waals surface area (Å²) in [5.41, 5.74) is -0.0778. The van der Waals surface area contributed by atoms with Gasteiger partial charge in [0.25, 0.3) is 0 Å². The van der Waals surface area contributed by atoms with Gasteiger partial charge in [-0.05, 0) is 62.4 Å². The Balaban J connectivity index is 1.48. The van der Waals surface area contributed by atoms with E-state index < -0.39 is 17.8 Å². The van der Waals surface area contributed by atoms with Gasteiger partial charge >= 0.3 is 6.09 Å². The molecule has 1 unspecified atom stereocenters. The van der Waals surface area contributed by atoms with Crippen molar-refractivity contribution in [2.75, 3.05) is 32.7 Å². The minimum Gasteiger partial charge on any atom is -0.465 e. The average molecular weight is 366 g/mol. The van der Waals surface area contributed by atoms with Crippen LogP contribution in [0.15, 0.2) is 24.3 Å². The lowest BCUT2D eigenvalue weighted by Gasteiger charge is -2.42. The summed E-state index contributed by atoms with van der Waals surface area (Å²) in [6.07, 6.45) is 0.511. The monoisotopic (exact) mass is 366 g/mol. The molecule has 3 rings (SSSR count). The Morgan fingerprint density at radius 3 is 2.27 bits per heavy atom. The van der Waals surface area contributed by atoms with Crippen molar-refractivity contribution in [3.8, 4) is 0 Å². The molecule has 1 aromatic rings. The number of amides is 1. The Morgan fingerprint density at radius 1 is 1.15 bits per heavy atom. The number of likely N-dealkylation sites (tertiary alicyclic amines) is 2. The first-order valence-electron chi connectivity index (χ1n) is 9.23. The van der Waals surface area contributed by atoms with Crippen LogP contribution in [0.1, 0.15) is 37.2 Å². The van der Waals surface area contributed by atoms with Crippen LogP contribution in [0.5, 0.6) is 0 Å². The van der Waals surface area contributed by atoms with E-state index >= 15 is 0 Å². The number of carbonyl (C=O) groups is 1. The van der Waals surface area contributed by atoms with E-state index in [1.807, 2.05) is 12.1 Å². The topological polar surface area (TPSA) is 84.2 Å². The molecule has 0 aromatic heterocycles. The normalized spacial score (nSPS) is 23.0. The van der Waals surface area contributed by atoms with Crippen molar-refractivity contribution in [1.82, 2.24) is 9.80 Å². The molecule has 1 amide bonds. The Morgan fingerprint density at radius 2 is 1.73 bits per heavy atom. The van der Waals surface area contributed by atoms with Crippen LogP contribution in [0.3, 0.4) is 0 Å². The molecule has 2 heterocycles. The van der Waals surface area contributed by atoms with E-state index in [-0.39, 0.29) is 31.7 Å². The third-order valence-electron chi connectivity index (χ3n) is 5.88. The second-order valence-electron chi connectivity index (χ2n) is 7.52. The number of benzene rings is 1.